The monoisotopic (exact) mass is 321 g/mol. The standard InChI is InChI=1S/C19H19N3O2/c1-22-8-7-13-5-6-15(10-17(13)22)21-18-16(19(23)24-2)9-14(11-20-18)12-3-4-12/h5-12H,3-4H2,1-2H3,(H,20,21). The molecule has 5 heteroatoms. The van der Waals surface area contributed by atoms with Crippen LogP contribution in [0.4, 0.5) is 11.5 Å². The number of rotatable bonds is 4. The predicted molar refractivity (Wildman–Crippen MR) is 93.8 cm³/mol. The van der Waals surface area contributed by atoms with Gasteiger partial charge < -0.3 is 14.6 Å². The summed E-state index contributed by atoms with van der Waals surface area (Å²) < 4.78 is 6.98. The number of hydrogen-bond donors (Lipinski definition) is 1. The van der Waals surface area contributed by atoms with Gasteiger partial charge in [0.2, 0.25) is 0 Å². The fourth-order valence-corrected chi connectivity index (χ4v) is 2.96. The molecule has 0 saturated heterocycles. The first-order chi connectivity index (χ1) is 11.7. The van der Waals surface area contributed by atoms with Crippen molar-refractivity contribution in [3.63, 3.8) is 0 Å². The highest BCUT2D eigenvalue weighted by Crippen LogP contribution is 2.40. The number of hydrogen-bond acceptors (Lipinski definition) is 4. The van der Waals surface area contributed by atoms with E-state index in [0.717, 1.165) is 16.8 Å². The van der Waals surface area contributed by atoms with Crippen molar-refractivity contribution in [1.29, 1.82) is 0 Å². The number of nitrogens with one attached hydrogen (secondary N) is 1. The number of aromatic nitrogens is 2. The lowest BCUT2D eigenvalue weighted by Gasteiger charge is -2.12. The van der Waals surface area contributed by atoms with E-state index in [1.807, 2.05) is 43.7 Å². The fraction of sp³-hybridized carbons (Fsp3) is 0.263. The van der Waals surface area contributed by atoms with Crippen molar-refractivity contribution in [2.75, 3.05) is 12.4 Å². The number of aryl methyl sites for hydroxylation is 1. The molecule has 0 unspecified atom stereocenters. The van der Waals surface area contributed by atoms with Gasteiger partial charge in [-0.15, -0.1) is 0 Å². The molecule has 0 spiro atoms. The third kappa shape index (κ3) is 2.62. The Morgan fingerprint density at radius 1 is 1.29 bits per heavy atom. The Bertz CT molecular complexity index is 926. The van der Waals surface area contributed by atoms with Gasteiger partial charge in [0, 0.05) is 30.6 Å². The van der Waals surface area contributed by atoms with E-state index in [4.69, 9.17) is 4.74 Å². The summed E-state index contributed by atoms with van der Waals surface area (Å²) in [5.41, 5.74) is 3.60. The van der Waals surface area contributed by atoms with Crippen LogP contribution in [-0.4, -0.2) is 22.6 Å². The highest BCUT2D eigenvalue weighted by Gasteiger charge is 2.26. The highest BCUT2D eigenvalue weighted by atomic mass is 16.5. The van der Waals surface area contributed by atoms with Crippen molar-refractivity contribution >= 4 is 28.4 Å². The van der Waals surface area contributed by atoms with Crippen molar-refractivity contribution in [3.05, 3.63) is 53.9 Å². The second-order valence-corrected chi connectivity index (χ2v) is 6.26. The number of carbonyl (C=O) groups excluding carboxylic acids is 1. The molecule has 0 amide bonds. The Hall–Kier alpha value is -2.82. The number of fused-ring (bicyclic) bond motifs is 1. The average Bonchev–Trinajstić information content (AvgIpc) is 3.39. The van der Waals surface area contributed by atoms with E-state index in [9.17, 15) is 4.79 Å². The lowest BCUT2D eigenvalue weighted by atomic mass is 10.1. The first-order valence-corrected chi connectivity index (χ1v) is 8.06. The Labute approximate surface area is 140 Å². The van der Waals surface area contributed by atoms with Gasteiger partial charge in [-0.25, -0.2) is 9.78 Å². The van der Waals surface area contributed by atoms with Crippen LogP contribution in [0.1, 0.15) is 34.7 Å². The van der Waals surface area contributed by atoms with Gasteiger partial charge in [-0.05, 0) is 54.0 Å². The number of anilines is 2. The summed E-state index contributed by atoms with van der Waals surface area (Å²) in [6.45, 7) is 0. The molecule has 1 fully saturated rings. The summed E-state index contributed by atoms with van der Waals surface area (Å²) in [6.07, 6.45) is 6.21. The van der Waals surface area contributed by atoms with Crippen LogP contribution >= 0.6 is 0 Å². The topological polar surface area (TPSA) is 56.1 Å². The number of methoxy groups -OCH3 is 1. The smallest absolute Gasteiger partial charge is 0.341 e. The van der Waals surface area contributed by atoms with Crippen molar-refractivity contribution < 1.29 is 9.53 Å². The first-order valence-electron chi connectivity index (χ1n) is 8.06. The molecule has 122 valence electrons. The third-order valence-electron chi connectivity index (χ3n) is 4.51. The fourth-order valence-electron chi connectivity index (χ4n) is 2.96. The molecule has 1 saturated carbocycles. The van der Waals surface area contributed by atoms with Crippen LogP contribution in [0.15, 0.2) is 42.7 Å². The molecular weight excluding hydrogens is 302 g/mol. The van der Waals surface area contributed by atoms with Crippen LogP contribution in [0.3, 0.4) is 0 Å². The number of nitrogens with zero attached hydrogens (tertiary/aromatic N) is 2. The Morgan fingerprint density at radius 2 is 2.12 bits per heavy atom. The molecule has 4 rings (SSSR count). The van der Waals surface area contributed by atoms with Crippen molar-refractivity contribution in [2.24, 2.45) is 7.05 Å². The quantitative estimate of drug-likeness (QED) is 0.739. The molecule has 0 bridgehead atoms. The maximum atomic E-state index is 12.1. The normalized spacial score (nSPS) is 13.9. The van der Waals surface area contributed by atoms with E-state index in [2.05, 4.69) is 20.9 Å². The van der Waals surface area contributed by atoms with Crippen LogP contribution in [0.2, 0.25) is 0 Å². The van der Waals surface area contributed by atoms with Gasteiger partial charge in [0.05, 0.1) is 7.11 Å². The van der Waals surface area contributed by atoms with Gasteiger partial charge in [-0.3, -0.25) is 0 Å². The lowest BCUT2D eigenvalue weighted by molar-refractivity contribution is 0.0601. The molecule has 2 heterocycles. The molecular formula is C19H19N3O2. The molecule has 1 N–H and O–H groups in total. The van der Waals surface area contributed by atoms with Crippen molar-refractivity contribution in [1.82, 2.24) is 9.55 Å². The minimum absolute atomic E-state index is 0.368. The number of carbonyl (C=O) groups is 1. The van der Waals surface area contributed by atoms with Gasteiger partial charge in [0.1, 0.15) is 11.4 Å². The van der Waals surface area contributed by atoms with Crippen LogP contribution in [0.5, 0.6) is 0 Å². The Morgan fingerprint density at radius 3 is 2.88 bits per heavy atom. The average molecular weight is 321 g/mol. The van der Waals surface area contributed by atoms with Gasteiger partial charge in [0.25, 0.3) is 0 Å². The molecule has 0 aliphatic heterocycles. The molecule has 0 atom stereocenters. The summed E-state index contributed by atoms with van der Waals surface area (Å²) in [4.78, 5) is 16.6. The zero-order valence-electron chi connectivity index (χ0n) is 13.7. The molecule has 2 aromatic heterocycles. The zero-order chi connectivity index (χ0) is 16.7. The summed E-state index contributed by atoms with van der Waals surface area (Å²) in [5, 5.41) is 4.43. The summed E-state index contributed by atoms with van der Waals surface area (Å²) in [7, 11) is 3.40. The van der Waals surface area contributed by atoms with Crippen LogP contribution < -0.4 is 5.32 Å². The van der Waals surface area contributed by atoms with E-state index in [-0.39, 0.29) is 5.97 Å². The maximum Gasteiger partial charge on any atom is 0.341 e. The molecule has 0 radical (unpaired) electrons. The number of benzene rings is 1. The second kappa shape index (κ2) is 5.67. The summed E-state index contributed by atoms with van der Waals surface area (Å²) in [5.74, 6) is 0.696. The van der Waals surface area contributed by atoms with Gasteiger partial charge in [-0.2, -0.15) is 0 Å². The molecule has 5 nitrogen and oxygen atoms in total. The van der Waals surface area contributed by atoms with Gasteiger partial charge in [0.15, 0.2) is 0 Å². The molecule has 24 heavy (non-hydrogen) atoms. The van der Waals surface area contributed by atoms with E-state index >= 15 is 0 Å². The molecule has 1 aliphatic carbocycles. The van der Waals surface area contributed by atoms with E-state index < -0.39 is 0 Å². The Kier molecular flexibility index (Phi) is 3.49. The van der Waals surface area contributed by atoms with Crippen LogP contribution in [0.25, 0.3) is 10.9 Å². The van der Waals surface area contributed by atoms with Crippen LogP contribution in [-0.2, 0) is 11.8 Å². The minimum atomic E-state index is -0.368. The second-order valence-electron chi connectivity index (χ2n) is 6.26. The first kappa shape index (κ1) is 14.8. The molecule has 1 aromatic carbocycles. The van der Waals surface area contributed by atoms with Gasteiger partial charge in [-0.1, -0.05) is 6.07 Å². The van der Waals surface area contributed by atoms with Crippen LogP contribution in [0, 0.1) is 0 Å². The summed E-state index contributed by atoms with van der Waals surface area (Å²) in [6, 6.07) is 10.1. The van der Waals surface area contributed by atoms with Crippen molar-refractivity contribution in [3.8, 4) is 0 Å². The molecule has 1 aliphatic rings. The zero-order valence-corrected chi connectivity index (χ0v) is 13.7. The number of ether oxygens (including phenoxy) is 1. The largest absolute Gasteiger partial charge is 0.465 e. The van der Waals surface area contributed by atoms with E-state index in [1.54, 1.807) is 0 Å². The maximum absolute atomic E-state index is 12.1. The Balaban J connectivity index is 1.71. The minimum Gasteiger partial charge on any atom is -0.465 e. The predicted octanol–water partition coefficient (Wildman–Crippen LogP) is 3.98. The van der Waals surface area contributed by atoms with Gasteiger partial charge >= 0.3 is 5.97 Å². The number of pyridine rings is 1. The SMILES string of the molecule is COC(=O)c1cc(C2CC2)cnc1Nc1ccc2ccn(C)c2c1. The third-order valence-corrected chi connectivity index (χ3v) is 4.51. The number of esters is 1. The molecule has 3 aromatic rings. The summed E-state index contributed by atoms with van der Waals surface area (Å²) >= 11 is 0. The highest BCUT2D eigenvalue weighted by molar-refractivity contribution is 5.96. The van der Waals surface area contributed by atoms with Crippen molar-refractivity contribution in [2.45, 2.75) is 18.8 Å². The lowest BCUT2D eigenvalue weighted by Crippen LogP contribution is -2.08. The van der Waals surface area contributed by atoms with E-state index in [0.29, 0.717) is 17.3 Å². The van der Waals surface area contributed by atoms with E-state index in [1.165, 1.54) is 25.3 Å².